The highest BCUT2D eigenvalue weighted by molar-refractivity contribution is 9.10. The van der Waals surface area contributed by atoms with Crippen molar-refractivity contribution < 1.29 is 9.53 Å². The second-order valence-electron chi connectivity index (χ2n) is 5.53. The average molecular weight is 357 g/mol. The molecule has 3 heterocycles. The number of hydrogen-bond donors (Lipinski definition) is 0. The van der Waals surface area contributed by atoms with E-state index >= 15 is 0 Å². The molecule has 0 aromatic carbocycles. The third-order valence-electron chi connectivity index (χ3n) is 4.01. The van der Waals surface area contributed by atoms with E-state index in [-0.39, 0.29) is 5.91 Å². The van der Waals surface area contributed by atoms with Crippen molar-refractivity contribution in [2.45, 2.75) is 26.3 Å². The van der Waals surface area contributed by atoms with Gasteiger partial charge in [0.2, 0.25) is 5.88 Å². The predicted molar refractivity (Wildman–Crippen MR) is 82.7 cm³/mol. The Bertz CT molecular complexity index is 523. The molecule has 0 N–H and O–H groups in total. The summed E-state index contributed by atoms with van der Waals surface area (Å²) in [7, 11) is 0. The van der Waals surface area contributed by atoms with Gasteiger partial charge in [-0.15, -0.1) is 0 Å². The first kappa shape index (κ1) is 14.8. The van der Waals surface area contributed by atoms with Crippen LogP contribution in [-0.2, 0) is 6.54 Å². The van der Waals surface area contributed by atoms with E-state index in [0.29, 0.717) is 22.7 Å². The average Bonchev–Trinajstić information content (AvgIpc) is 2.85. The van der Waals surface area contributed by atoms with Gasteiger partial charge >= 0.3 is 0 Å². The predicted octanol–water partition coefficient (Wildman–Crippen LogP) is 1.60. The number of nitrogens with zero attached hydrogens (tertiary/aromatic N) is 4. The molecular weight excluding hydrogens is 336 g/mol. The topological polar surface area (TPSA) is 50.6 Å². The summed E-state index contributed by atoms with van der Waals surface area (Å²) in [6.07, 6.45) is 2.09. The molecular formula is C14H21BrN4O2. The van der Waals surface area contributed by atoms with Crippen LogP contribution in [0.5, 0.6) is 5.88 Å². The normalized spacial score (nSPS) is 19.2. The van der Waals surface area contributed by atoms with Gasteiger partial charge in [-0.3, -0.25) is 9.69 Å². The number of amides is 1. The molecule has 1 saturated heterocycles. The van der Waals surface area contributed by atoms with Crippen molar-refractivity contribution in [2.24, 2.45) is 0 Å². The highest BCUT2D eigenvalue weighted by Gasteiger charge is 2.29. The maximum Gasteiger partial charge on any atom is 0.275 e. The summed E-state index contributed by atoms with van der Waals surface area (Å²) in [5.41, 5.74) is 0.482. The summed E-state index contributed by atoms with van der Waals surface area (Å²) in [6.45, 7) is 8.23. The quantitative estimate of drug-likeness (QED) is 0.825. The van der Waals surface area contributed by atoms with Crippen molar-refractivity contribution in [1.29, 1.82) is 0 Å². The van der Waals surface area contributed by atoms with Crippen molar-refractivity contribution in [3.8, 4) is 5.88 Å². The molecule has 1 fully saturated rings. The van der Waals surface area contributed by atoms with Crippen LogP contribution in [0.3, 0.4) is 0 Å². The summed E-state index contributed by atoms with van der Waals surface area (Å²) in [5, 5.41) is 4.42. The van der Waals surface area contributed by atoms with Gasteiger partial charge < -0.3 is 9.64 Å². The lowest BCUT2D eigenvalue weighted by Gasteiger charge is -2.34. The monoisotopic (exact) mass is 356 g/mol. The minimum absolute atomic E-state index is 0.00326. The minimum Gasteiger partial charge on any atom is -0.477 e. The van der Waals surface area contributed by atoms with E-state index in [1.807, 2.05) is 4.90 Å². The summed E-state index contributed by atoms with van der Waals surface area (Å²) < 4.78 is 8.08. The zero-order valence-corrected chi connectivity index (χ0v) is 13.9. The Labute approximate surface area is 133 Å². The molecule has 3 rings (SSSR count). The van der Waals surface area contributed by atoms with Crippen LogP contribution in [-0.4, -0.2) is 64.8 Å². The molecule has 0 spiro atoms. The zero-order valence-electron chi connectivity index (χ0n) is 12.3. The van der Waals surface area contributed by atoms with Crippen molar-refractivity contribution in [2.75, 3.05) is 39.3 Å². The largest absolute Gasteiger partial charge is 0.477 e. The maximum atomic E-state index is 12.6. The third kappa shape index (κ3) is 2.94. The van der Waals surface area contributed by atoms with Gasteiger partial charge in [-0.25, -0.2) is 4.68 Å². The van der Waals surface area contributed by atoms with E-state index in [4.69, 9.17) is 4.74 Å². The summed E-state index contributed by atoms with van der Waals surface area (Å²) >= 11 is 3.47. The Morgan fingerprint density at radius 1 is 1.29 bits per heavy atom. The number of aryl methyl sites for hydroxylation is 1. The molecule has 116 valence electrons. The highest BCUT2D eigenvalue weighted by Crippen LogP contribution is 2.32. The van der Waals surface area contributed by atoms with E-state index in [0.717, 1.165) is 52.1 Å². The van der Waals surface area contributed by atoms with Crippen molar-refractivity contribution in [1.82, 2.24) is 19.6 Å². The number of fused-ring (bicyclic) bond motifs is 1. The van der Waals surface area contributed by atoms with Gasteiger partial charge in [0.15, 0.2) is 5.69 Å². The Morgan fingerprint density at radius 3 is 2.71 bits per heavy atom. The number of halogens is 1. The van der Waals surface area contributed by atoms with Crippen molar-refractivity contribution in [3.05, 3.63) is 10.2 Å². The van der Waals surface area contributed by atoms with E-state index in [2.05, 4.69) is 32.9 Å². The van der Waals surface area contributed by atoms with E-state index in [1.54, 1.807) is 4.68 Å². The van der Waals surface area contributed by atoms with Crippen LogP contribution in [0.15, 0.2) is 4.47 Å². The van der Waals surface area contributed by atoms with Crippen LogP contribution < -0.4 is 4.74 Å². The van der Waals surface area contributed by atoms with Crippen LogP contribution in [0, 0.1) is 0 Å². The molecule has 0 radical (unpaired) electrons. The number of rotatable bonds is 3. The van der Waals surface area contributed by atoms with E-state index in [1.165, 1.54) is 0 Å². The lowest BCUT2D eigenvalue weighted by molar-refractivity contribution is 0.0630. The summed E-state index contributed by atoms with van der Waals surface area (Å²) in [4.78, 5) is 16.9. The van der Waals surface area contributed by atoms with Crippen LogP contribution in [0.1, 0.15) is 30.3 Å². The summed E-state index contributed by atoms with van der Waals surface area (Å²) in [6, 6.07) is 0. The van der Waals surface area contributed by atoms with Gasteiger partial charge in [-0.2, -0.15) is 5.10 Å². The number of piperazine rings is 1. The molecule has 0 bridgehead atoms. The molecule has 0 atom stereocenters. The van der Waals surface area contributed by atoms with Gasteiger partial charge in [-0.05, 0) is 28.9 Å². The Balaban J connectivity index is 1.70. The lowest BCUT2D eigenvalue weighted by atomic mass is 10.2. The molecule has 1 aromatic rings. The molecule has 7 heteroatoms. The van der Waals surface area contributed by atoms with Gasteiger partial charge in [0.25, 0.3) is 5.91 Å². The van der Waals surface area contributed by atoms with Crippen LogP contribution in [0.4, 0.5) is 0 Å². The fourth-order valence-corrected chi connectivity index (χ4v) is 3.44. The number of aromatic nitrogens is 2. The summed E-state index contributed by atoms with van der Waals surface area (Å²) in [5.74, 6) is 0.692. The van der Waals surface area contributed by atoms with Crippen LogP contribution in [0.2, 0.25) is 0 Å². The third-order valence-corrected chi connectivity index (χ3v) is 4.72. The van der Waals surface area contributed by atoms with E-state index < -0.39 is 0 Å². The van der Waals surface area contributed by atoms with Gasteiger partial charge in [-0.1, -0.05) is 6.92 Å². The van der Waals surface area contributed by atoms with Gasteiger partial charge in [0, 0.05) is 39.1 Å². The number of carbonyl (C=O) groups is 1. The highest BCUT2D eigenvalue weighted by atomic mass is 79.9. The first-order chi connectivity index (χ1) is 10.2. The smallest absolute Gasteiger partial charge is 0.275 e. The standard InChI is InChI=1S/C14H21BrN4O2/c1-2-4-17-6-8-18(9-7-17)13(20)12-11(15)14-19(16-12)5-3-10-21-14/h2-10H2,1H3. The molecule has 21 heavy (non-hydrogen) atoms. The first-order valence-corrected chi connectivity index (χ1v) is 8.40. The zero-order chi connectivity index (χ0) is 14.8. The molecule has 0 saturated carbocycles. The Morgan fingerprint density at radius 2 is 2.05 bits per heavy atom. The molecule has 6 nitrogen and oxygen atoms in total. The Hall–Kier alpha value is -1.08. The molecule has 2 aliphatic rings. The number of ether oxygens (including phenoxy) is 1. The molecule has 1 aromatic heterocycles. The molecule has 0 aliphatic carbocycles. The van der Waals surface area contributed by atoms with Gasteiger partial charge in [0.1, 0.15) is 4.47 Å². The molecule has 1 amide bonds. The second-order valence-corrected chi connectivity index (χ2v) is 6.32. The fraction of sp³-hybridized carbons (Fsp3) is 0.714. The lowest BCUT2D eigenvalue weighted by Crippen LogP contribution is -2.48. The molecule has 0 unspecified atom stereocenters. The first-order valence-electron chi connectivity index (χ1n) is 7.61. The number of hydrogen-bond acceptors (Lipinski definition) is 4. The minimum atomic E-state index is 0.00326. The van der Waals surface area contributed by atoms with Crippen LogP contribution >= 0.6 is 15.9 Å². The maximum absolute atomic E-state index is 12.6. The van der Waals surface area contributed by atoms with Gasteiger partial charge in [0.05, 0.1) is 6.61 Å². The SMILES string of the molecule is CCCN1CCN(C(=O)c2nn3c(c2Br)OCCC3)CC1. The number of carbonyl (C=O) groups excluding carboxylic acids is 1. The van der Waals surface area contributed by atoms with Crippen molar-refractivity contribution >= 4 is 21.8 Å². The van der Waals surface area contributed by atoms with Crippen molar-refractivity contribution in [3.63, 3.8) is 0 Å². The second kappa shape index (κ2) is 6.36. The fourth-order valence-electron chi connectivity index (χ4n) is 2.87. The molecule has 2 aliphatic heterocycles. The van der Waals surface area contributed by atoms with E-state index in [9.17, 15) is 4.79 Å². The Kier molecular flexibility index (Phi) is 4.49. The van der Waals surface area contributed by atoms with Crippen LogP contribution in [0.25, 0.3) is 0 Å².